The molecule has 2 aromatic heterocycles. The van der Waals surface area contributed by atoms with Crippen LogP contribution in [-0.2, 0) is 6.42 Å². The molecule has 0 saturated carbocycles. The van der Waals surface area contributed by atoms with Crippen molar-refractivity contribution in [2.45, 2.75) is 13.3 Å². The van der Waals surface area contributed by atoms with Crippen LogP contribution < -0.4 is 5.32 Å². The number of nitrogens with one attached hydrogen (secondary N) is 1. The van der Waals surface area contributed by atoms with Crippen LogP contribution in [0.3, 0.4) is 0 Å². The monoisotopic (exact) mass is 301 g/mol. The van der Waals surface area contributed by atoms with Crippen LogP contribution in [0.1, 0.15) is 12.6 Å². The zero-order chi connectivity index (χ0) is 15.4. The first kappa shape index (κ1) is 14.8. The lowest BCUT2D eigenvalue weighted by Gasteiger charge is -2.33. The Bertz CT molecular complexity index is 597. The molecule has 1 aliphatic rings. The Kier molecular flexibility index (Phi) is 4.58. The summed E-state index contributed by atoms with van der Waals surface area (Å²) in [5.74, 6) is 0. The average molecular weight is 301 g/mol. The number of nitrogens with zero attached hydrogens (tertiary/aromatic N) is 4. The van der Waals surface area contributed by atoms with Crippen LogP contribution in [-0.4, -0.2) is 64.5 Å². The number of pyridine rings is 1. The van der Waals surface area contributed by atoms with E-state index in [1.807, 2.05) is 39.9 Å². The van der Waals surface area contributed by atoms with Crippen LogP contribution in [0.5, 0.6) is 0 Å². The van der Waals surface area contributed by atoms with E-state index >= 15 is 0 Å². The van der Waals surface area contributed by atoms with E-state index in [9.17, 15) is 4.79 Å². The Morgan fingerprint density at radius 1 is 1.27 bits per heavy atom. The minimum atomic E-state index is 0.0412. The summed E-state index contributed by atoms with van der Waals surface area (Å²) >= 11 is 0. The topological polar surface area (TPSA) is 52.9 Å². The molecule has 1 saturated heterocycles. The SMILES string of the molecule is CCN1CCN(C(=O)NCCc2cn3ccccc3n2)CC1. The summed E-state index contributed by atoms with van der Waals surface area (Å²) < 4.78 is 2.00. The van der Waals surface area contributed by atoms with Crippen molar-refractivity contribution >= 4 is 11.7 Å². The number of piperazine rings is 1. The molecule has 1 N–H and O–H groups in total. The molecule has 1 aliphatic heterocycles. The quantitative estimate of drug-likeness (QED) is 0.924. The van der Waals surface area contributed by atoms with Crippen LogP contribution in [0.4, 0.5) is 4.79 Å². The van der Waals surface area contributed by atoms with Crippen molar-refractivity contribution in [3.05, 3.63) is 36.3 Å². The largest absolute Gasteiger partial charge is 0.338 e. The number of rotatable bonds is 4. The number of amides is 2. The van der Waals surface area contributed by atoms with Crippen LogP contribution in [0.25, 0.3) is 5.65 Å². The van der Waals surface area contributed by atoms with Crippen molar-refractivity contribution in [2.75, 3.05) is 39.3 Å². The Labute approximate surface area is 130 Å². The van der Waals surface area contributed by atoms with Crippen molar-refractivity contribution in [1.29, 1.82) is 0 Å². The van der Waals surface area contributed by atoms with E-state index in [2.05, 4.69) is 22.1 Å². The van der Waals surface area contributed by atoms with Crippen molar-refractivity contribution in [2.24, 2.45) is 0 Å². The van der Waals surface area contributed by atoms with E-state index in [4.69, 9.17) is 0 Å². The van der Waals surface area contributed by atoms with Crippen molar-refractivity contribution < 1.29 is 4.79 Å². The number of imidazole rings is 1. The number of fused-ring (bicyclic) bond motifs is 1. The number of aromatic nitrogens is 2. The zero-order valence-electron chi connectivity index (χ0n) is 13.0. The van der Waals surface area contributed by atoms with Gasteiger partial charge in [-0.2, -0.15) is 0 Å². The molecule has 0 aromatic carbocycles. The van der Waals surface area contributed by atoms with Gasteiger partial charge >= 0.3 is 6.03 Å². The van der Waals surface area contributed by atoms with E-state index in [0.717, 1.165) is 50.5 Å². The van der Waals surface area contributed by atoms with E-state index in [1.165, 1.54) is 0 Å². The summed E-state index contributed by atoms with van der Waals surface area (Å²) in [6.45, 7) is 7.40. The minimum Gasteiger partial charge on any atom is -0.338 e. The predicted octanol–water partition coefficient (Wildman–Crippen LogP) is 1.22. The highest BCUT2D eigenvalue weighted by Crippen LogP contribution is 2.05. The Morgan fingerprint density at radius 3 is 2.82 bits per heavy atom. The molecule has 1 fully saturated rings. The molecule has 0 bridgehead atoms. The van der Waals surface area contributed by atoms with Crippen molar-refractivity contribution in [1.82, 2.24) is 24.5 Å². The van der Waals surface area contributed by atoms with E-state index in [1.54, 1.807) is 0 Å². The van der Waals surface area contributed by atoms with Gasteiger partial charge in [0.2, 0.25) is 0 Å². The number of hydrogen-bond donors (Lipinski definition) is 1. The van der Waals surface area contributed by atoms with Crippen molar-refractivity contribution in [3.8, 4) is 0 Å². The number of urea groups is 1. The lowest BCUT2D eigenvalue weighted by Crippen LogP contribution is -2.51. The number of carbonyl (C=O) groups is 1. The van der Waals surface area contributed by atoms with Gasteiger partial charge in [-0.3, -0.25) is 0 Å². The fourth-order valence-corrected chi connectivity index (χ4v) is 2.78. The van der Waals surface area contributed by atoms with Gasteiger partial charge in [0.1, 0.15) is 5.65 Å². The number of carbonyl (C=O) groups excluding carboxylic acids is 1. The van der Waals surface area contributed by atoms with E-state index < -0.39 is 0 Å². The second kappa shape index (κ2) is 6.79. The molecule has 0 unspecified atom stereocenters. The molecule has 22 heavy (non-hydrogen) atoms. The molecule has 2 amide bonds. The summed E-state index contributed by atoms with van der Waals surface area (Å²) in [7, 11) is 0. The second-order valence-corrected chi connectivity index (χ2v) is 5.60. The minimum absolute atomic E-state index is 0.0412. The summed E-state index contributed by atoms with van der Waals surface area (Å²) in [5, 5.41) is 3.00. The first-order chi connectivity index (χ1) is 10.8. The normalized spacial score (nSPS) is 16.1. The summed E-state index contributed by atoms with van der Waals surface area (Å²) in [6, 6.07) is 5.98. The molecule has 0 aliphatic carbocycles. The van der Waals surface area contributed by atoms with Gasteiger partial charge in [-0.15, -0.1) is 0 Å². The van der Waals surface area contributed by atoms with Crippen molar-refractivity contribution in [3.63, 3.8) is 0 Å². The maximum Gasteiger partial charge on any atom is 0.317 e. The second-order valence-electron chi connectivity index (χ2n) is 5.60. The number of hydrogen-bond acceptors (Lipinski definition) is 3. The summed E-state index contributed by atoms with van der Waals surface area (Å²) in [6.07, 6.45) is 4.75. The van der Waals surface area contributed by atoms with Gasteiger partial charge in [-0.25, -0.2) is 9.78 Å². The highest BCUT2D eigenvalue weighted by molar-refractivity contribution is 5.74. The third-order valence-electron chi connectivity index (χ3n) is 4.18. The molecular weight excluding hydrogens is 278 g/mol. The highest BCUT2D eigenvalue weighted by Gasteiger charge is 2.19. The lowest BCUT2D eigenvalue weighted by atomic mass is 10.3. The molecule has 6 nitrogen and oxygen atoms in total. The maximum absolute atomic E-state index is 12.1. The van der Waals surface area contributed by atoms with Gasteiger partial charge in [0, 0.05) is 51.5 Å². The van der Waals surface area contributed by atoms with Crippen LogP contribution >= 0.6 is 0 Å². The maximum atomic E-state index is 12.1. The van der Waals surface area contributed by atoms with Gasteiger partial charge < -0.3 is 19.5 Å². The molecule has 2 aromatic rings. The first-order valence-corrected chi connectivity index (χ1v) is 7.94. The smallest absolute Gasteiger partial charge is 0.317 e. The summed E-state index contributed by atoms with van der Waals surface area (Å²) in [5.41, 5.74) is 1.95. The third kappa shape index (κ3) is 3.39. The van der Waals surface area contributed by atoms with Crippen LogP contribution in [0.2, 0.25) is 0 Å². The van der Waals surface area contributed by atoms with Gasteiger partial charge in [0.15, 0.2) is 0 Å². The fourth-order valence-electron chi connectivity index (χ4n) is 2.78. The Morgan fingerprint density at radius 2 is 2.09 bits per heavy atom. The average Bonchev–Trinajstić information content (AvgIpc) is 2.97. The Hall–Kier alpha value is -2.08. The Balaban J connectivity index is 1.45. The predicted molar refractivity (Wildman–Crippen MR) is 86.0 cm³/mol. The highest BCUT2D eigenvalue weighted by atomic mass is 16.2. The fraction of sp³-hybridized carbons (Fsp3) is 0.500. The van der Waals surface area contributed by atoms with Gasteiger partial charge in [0.05, 0.1) is 5.69 Å². The zero-order valence-corrected chi connectivity index (χ0v) is 13.0. The molecule has 0 radical (unpaired) electrons. The molecule has 0 atom stereocenters. The lowest BCUT2D eigenvalue weighted by molar-refractivity contribution is 0.143. The molecule has 118 valence electrons. The van der Waals surface area contributed by atoms with E-state index in [0.29, 0.717) is 6.54 Å². The molecule has 6 heteroatoms. The standard InChI is InChI=1S/C16H23N5O/c1-2-19-9-11-20(12-10-19)16(22)17-7-6-14-13-21-8-4-3-5-15(21)18-14/h3-5,8,13H,2,6-7,9-12H2,1H3,(H,17,22). The van der Waals surface area contributed by atoms with Gasteiger partial charge in [-0.1, -0.05) is 13.0 Å². The van der Waals surface area contributed by atoms with Crippen LogP contribution in [0, 0.1) is 0 Å². The molecule has 3 heterocycles. The third-order valence-corrected chi connectivity index (χ3v) is 4.18. The molecule has 3 rings (SSSR count). The summed E-state index contributed by atoms with van der Waals surface area (Å²) in [4.78, 5) is 20.9. The van der Waals surface area contributed by atoms with Gasteiger partial charge in [0.25, 0.3) is 0 Å². The first-order valence-electron chi connectivity index (χ1n) is 7.94. The molecule has 0 spiro atoms. The van der Waals surface area contributed by atoms with Gasteiger partial charge in [-0.05, 0) is 18.7 Å². The van der Waals surface area contributed by atoms with E-state index in [-0.39, 0.29) is 6.03 Å². The number of likely N-dealkylation sites (N-methyl/N-ethyl adjacent to an activating group) is 1. The molecular formula is C16H23N5O. The van der Waals surface area contributed by atoms with Crippen LogP contribution in [0.15, 0.2) is 30.6 Å².